The zero-order valence-corrected chi connectivity index (χ0v) is 20.9. The maximum absolute atomic E-state index is 12.9. The number of nitrogens with zero attached hydrogens (tertiary/aromatic N) is 5. The first-order valence-electron chi connectivity index (χ1n) is 12.4. The minimum absolute atomic E-state index is 0.0384. The zero-order valence-electron chi connectivity index (χ0n) is 20.9. The number of carbonyl (C=O) groups excluding carboxylic acids is 1. The molecular formula is C27H37N5O2. The Morgan fingerprint density at radius 3 is 2.53 bits per heavy atom. The molecule has 1 saturated heterocycles. The number of benzene rings is 1. The molecule has 34 heavy (non-hydrogen) atoms. The van der Waals surface area contributed by atoms with Crippen LogP contribution in [0.25, 0.3) is 0 Å². The van der Waals surface area contributed by atoms with Gasteiger partial charge in [-0.05, 0) is 62.6 Å². The summed E-state index contributed by atoms with van der Waals surface area (Å²) in [5.41, 5.74) is 3.20. The summed E-state index contributed by atoms with van der Waals surface area (Å²) in [7, 11) is 0. The van der Waals surface area contributed by atoms with Crippen LogP contribution >= 0.6 is 0 Å². The second kappa shape index (κ2) is 10.2. The van der Waals surface area contributed by atoms with Crippen molar-refractivity contribution in [2.24, 2.45) is 5.41 Å². The SMILES string of the molecule is C[C@@H]1CN(C(=O)OC2CCCC(C)(C)C2)C[C@H](C)N1Cc1cncn1Cc1ccc(C#N)cc1. The van der Waals surface area contributed by atoms with Gasteiger partial charge in [0.15, 0.2) is 0 Å². The zero-order chi connectivity index (χ0) is 24.3. The average Bonchev–Trinajstić information content (AvgIpc) is 3.22. The van der Waals surface area contributed by atoms with Crippen LogP contribution in [0, 0.1) is 16.7 Å². The van der Waals surface area contributed by atoms with Gasteiger partial charge in [-0.15, -0.1) is 0 Å². The molecule has 0 bridgehead atoms. The van der Waals surface area contributed by atoms with Gasteiger partial charge in [0.2, 0.25) is 0 Å². The molecule has 1 unspecified atom stereocenters. The molecule has 1 saturated carbocycles. The number of nitriles is 1. The highest BCUT2D eigenvalue weighted by atomic mass is 16.6. The highest BCUT2D eigenvalue weighted by Gasteiger charge is 2.35. The van der Waals surface area contributed by atoms with Crippen LogP contribution in [0.5, 0.6) is 0 Å². The number of rotatable bonds is 5. The van der Waals surface area contributed by atoms with Gasteiger partial charge in [0.05, 0.1) is 23.7 Å². The fourth-order valence-corrected chi connectivity index (χ4v) is 5.45. The summed E-state index contributed by atoms with van der Waals surface area (Å²) < 4.78 is 8.10. The quantitative estimate of drug-likeness (QED) is 0.637. The lowest BCUT2D eigenvalue weighted by Crippen LogP contribution is -2.58. The summed E-state index contributed by atoms with van der Waals surface area (Å²) in [6, 6.07) is 10.3. The summed E-state index contributed by atoms with van der Waals surface area (Å²) >= 11 is 0. The van der Waals surface area contributed by atoms with Crippen LogP contribution in [0.1, 0.15) is 70.2 Å². The van der Waals surface area contributed by atoms with E-state index < -0.39 is 0 Å². The number of ether oxygens (including phenoxy) is 1. The smallest absolute Gasteiger partial charge is 0.410 e. The molecule has 1 aliphatic heterocycles. The molecule has 182 valence electrons. The first-order chi connectivity index (χ1) is 16.2. The van der Waals surface area contributed by atoms with E-state index in [-0.39, 0.29) is 29.7 Å². The van der Waals surface area contributed by atoms with Crippen molar-refractivity contribution in [1.82, 2.24) is 19.4 Å². The van der Waals surface area contributed by atoms with E-state index in [4.69, 9.17) is 10.00 Å². The standard InChI is InChI=1S/C27H37N5O2/c1-20-15-30(26(33)34-25-6-5-11-27(3,4)12-25)16-21(2)32(20)18-24-14-29-19-31(24)17-23-9-7-22(13-28)8-10-23/h7-10,14,19-21,25H,5-6,11-12,15-18H2,1-4H3/t20-,21+,25?. The summed E-state index contributed by atoms with van der Waals surface area (Å²) in [6.07, 6.45) is 7.92. The van der Waals surface area contributed by atoms with E-state index in [2.05, 4.69) is 48.2 Å². The largest absolute Gasteiger partial charge is 0.446 e. The lowest BCUT2D eigenvalue weighted by Gasteiger charge is -2.44. The first-order valence-corrected chi connectivity index (χ1v) is 12.4. The van der Waals surface area contributed by atoms with Gasteiger partial charge in [-0.25, -0.2) is 9.78 Å². The summed E-state index contributed by atoms with van der Waals surface area (Å²) in [4.78, 5) is 21.7. The number of carbonyl (C=O) groups is 1. The van der Waals surface area contributed by atoms with Crippen LogP contribution in [-0.2, 0) is 17.8 Å². The van der Waals surface area contributed by atoms with E-state index in [1.165, 1.54) is 6.42 Å². The van der Waals surface area contributed by atoms with Gasteiger partial charge < -0.3 is 14.2 Å². The molecule has 2 heterocycles. The number of hydrogen-bond acceptors (Lipinski definition) is 5. The average molecular weight is 464 g/mol. The van der Waals surface area contributed by atoms with Crippen molar-refractivity contribution in [3.63, 3.8) is 0 Å². The fourth-order valence-electron chi connectivity index (χ4n) is 5.45. The maximum atomic E-state index is 12.9. The van der Waals surface area contributed by atoms with Crippen molar-refractivity contribution in [3.8, 4) is 6.07 Å². The van der Waals surface area contributed by atoms with Crippen molar-refractivity contribution in [2.45, 2.75) is 84.7 Å². The number of hydrogen-bond donors (Lipinski definition) is 0. The highest BCUT2D eigenvalue weighted by molar-refractivity contribution is 5.68. The predicted molar refractivity (Wildman–Crippen MR) is 131 cm³/mol. The lowest BCUT2D eigenvalue weighted by molar-refractivity contribution is -0.0110. The molecule has 7 nitrogen and oxygen atoms in total. The van der Waals surface area contributed by atoms with E-state index in [0.29, 0.717) is 25.2 Å². The molecule has 1 aromatic heterocycles. The number of imidazole rings is 1. The molecule has 0 N–H and O–H groups in total. The Labute approximate surface area is 203 Å². The minimum atomic E-state index is -0.160. The maximum Gasteiger partial charge on any atom is 0.410 e. The second-order valence-electron chi connectivity index (χ2n) is 10.9. The Morgan fingerprint density at radius 2 is 1.88 bits per heavy atom. The van der Waals surface area contributed by atoms with Gasteiger partial charge in [0.1, 0.15) is 6.10 Å². The summed E-state index contributed by atoms with van der Waals surface area (Å²) in [5, 5.41) is 9.01. The molecule has 1 amide bonds. The van der Waals surface area contributed by atoms with E-state index >= 15 is 0 Å². The Bertz CT molecular complexity index is 1010. The van der Waals surface area contributed by atoms with E-state index in [1.54, 1.807) is 0 Å². The third-order valence-corrected chi connectivity index (χ3v) is 7.37. The molecule has 1 aromatic carbocycles. The number of amides is 1. The Morgan fingerprint density at radius 1 is 1.18 bits per heavy atom. The number of aromatic nitrogens is 2. The van der Waals surface area contributed by atoms with Crippen molar-refractivity contribution < 1.29 is 9.53 Å². The molecule has 3 atom stereocenters. The molecule has 0 radical (unpaired) electrons. The van der Waals surface area contributed by atoms with Crippen molar-refractivity contribution in [1.29, 1.82) is 5.26 Å². The van der Waals surface area contributed by atoms with Crippen LogP contribution < -0.4 is 0 Å². The molecule has 2 fully saturated rings. The highest BCUT2D eigenvalue weighted by Crippen LogP contribution is 2.36. The van der Waals surface area contributed by atoms with E-state index in [1.807, 2.05) is 41.7 Å². The molecule has 2 aromatic rings. The topological polar surface area (TPSA) is 74.4 Å². The van der Waals surface area contributed by atoms with Crippen LogP contribution in [0.15, 0.2) is 36.8 Å². The van der Waals surface area contributed by atoms with E-state index in [0.717, 1.165) is 37.1 Å². The Hall–Kier alpha value is -2.85. The summed E-state index contributed by atoms with van der Waals surface area (Å²) in [6.45, 7) is 11.7. The minimum Gasteiger partial charge on any atom is -0.446 e. The van der Waals surface area contributed by atoms with E-state index in [9.17, 15) is 4.79 Å². The monoisotopic (exact) mass is 463 g/mol. The molecule has 7 heteroatoms. The van der Waals surface area contributed by atoms with Gasteiger partial charge in [-0.2, -0.15) is 5.26 Å². The third-order valence-electron chi connectivity index (χ3n) is 7.37. The van der Waals surface area contributed by atoms with Crippen molar-refractivity contribution in [3.05, 3.63) is 53.6 Å². The fraction of sp³-hybridized carbons (Fsp3) is 0.593. The van der Waals surface area contributed by atoms with Gasteiger partial charge in [0, 0.05) is 44.5 Å². The second-order valence-corrected chi connectivity index (χ2v) is 10.9. The van der Waals surface area contributed by atoms with Crippen molar-refractivity contribution in [2.75, 3.05) is 13.1 Å². The van der Waals surface area contributed by atoms with Crippen LogP contribution in [0.2, 0.25) is 0 Å². The lowest BCUT2D eigenvalue weighted by atomic mass is 9.76. The Balaban J connectivity index is 1.35. The first kappa shape index (κ1) is 24.3. The molecule has 2 aliphatic rings. The molecule has 4 rings (SSSR count). The van der Waals surface area contributed by atoms with Crippen molar-refractivity contribution >= 4 is 6.09 Å². The molecule has 0 spiro atoms. The van der Waals surface area contributed by atoms with Gasteiger partial charge in [0.25, 0.3) is 0 Å². The normalized spacial score (nSPS) is 25.0. The molecule has 1 aliphatic carbocycles. The van der Waals surface area contributed by atoms with Gasteiger partial charge >= 0.3 is 6.09 Å². The summed E-state index contributed by atoms with van der Waals surface area (Å²) in [5.74, 6) is 0. The van der Waals surface area contributed by atoms with Crippen LogP contribution in [-0.4, -0.2) is 56.7 Å². The van der Waals surface area contributed by atoms with Gasteiger partial charge in [-0.3, -0.25) is 4.90 Å². The molecular weight excluding hydrogens is 426 g/mol. The van der Waals surface area contributed by atoms with Gasteiger partial charge in [-0.1, -0.05) is 26.0 Å². The predicted octanol–water partition coefficient (Wildman–Crippen LogP) is 4.80. The van der Waals surface area contributed by atoms with Crippen LogP contribution in [0.4, 0.5) is 4.79 Å². The number of piperazine rings is 1. The van der Waals surface area contributed by atoms with Crippen LogP contribution in [0.3, 0.4) is 0 Å². The third kappa shape index (κ3) is 5.79. The Kier molecular flexibility index (Phi) is 7.27.